The highest BCUT2D eigenvalue weighted by molar-refractivity contribution is 5.91. The number of nitrogens with one attached hydrogen (secondary N) is 1. The van der Waals surface area contributed by atoms with E-state index in [1.165, 1.54) is 0 Å². The summed E-state index contributed by atoms with van der Waals surface area (Å²) in [7, 11) is 1.86. The number of pyridine rings is 1. The summed E-state index contributed by atoms with van der Waals surface area (Å²) in [6, 6.07) is 5.29. The maximum Gasteiger partial charge on any atom is 0.178 e. The Hall–Kier alpha value is -3.26. The smallest absolute Gasteiger partial charge is 0.178 e. The van der Waals surface area contributed by atoms with E-state index in [1.54, 1.807) is 35.4 Å². The van der Waals surface area contributed by atoms with Gasteiger partial charge >= 0.3 is 0 Å². The fraction of sp³-hybridized carbons (Fsp3) is 0.348. The van der Waals surface area contributed by atoms with Gasteiger partial charge < -0.3 is 14.5 Å². The van der Waals surface area contributed by atoms with Gasteiger partial charge in [0.25, 0.3) is 0 Å². The molecule has 1 atom stereocenters. The predicted molar refractivity (Wildman–Crippen MR) is 115 cm³/mol. The number of hydrogen-bond donors (Lipinski definition) is 1. The first kappa shape index (κ1) is 19.7. The second kappa shape index (κ2) is 7.77. The summed E-state index contributed by atoms with van der Waals surface area (Å²) in [6.07, 6.45) is 5.28. The van der Waals surface area contributed by atoms with Crippen molar-refractivity contribution in [2.24, 2.45) is 7.05 Å². The van der Waals surface area contributed by atoms with Crippen molar-refractivity contribution in [1.29, 1.82) is 0 Å². The van der Waals surface area contributed by atoms with E-state index in [9.17, 15) is 0 Å². The van der Waals surface area contributed by atoms with Gasteiger partial charge in [-0.25, -0.2) is 14.4 Å². The molecule has 0 bridgehead atoms. The SMILES string of the molecule is Cc1nn(C)c(C)c1-c1cc(OCC2CCCO2)cc(-c2ccnc3nc[nH]c23)c1F. The van der Waals surface area contributed by atoms with Gasteiger partial charge in [0, 0.05) is 47.8 Å². The van der Waals surface area contributed by atoms with E-state index in [0.717, 1.165) is 36.4 Å². The van der Waals surface area contributed by atoms with Gasteiger partial charge in [-0.05, 0) is 44.9 Å². The Morgan fingerprint density at radius 3 is 2.81 bits per heavy atom. The highest BCUT2D eigenvalue weighted by atomic mass is 19.1. The number of rotatable bonds is 5. The Morgan fingerprint density at radius 2 is 2.06 bits per heavy atom. The van der Waals surface area contributed by atoms with Gasteiger partial charge in [-0.2, -0.15) is 5.10 Å². The summed E-state index contributed by atoms with van der Waals surface area (Å²) >= 11 is 0. The van der Waals surface area contributed by atoms with E-state index < -0.39 is 0 Å². The summed E-state index contributed by atoms with van der Waals surface area (Å²) in [5.41, 5.74) is 5.23. The van der Waals surface area contributed by atoms with Crippen LogP contribution >= 0.6 is 0 Å². The van der Waals surface area contributed by atoms with Crippen LogP contribution in [0.15, 0.2) is 30.7 Å². The number of imidazole rings is 1. The van der Waals surface area contributed by atoms with E-state index in [2.05, 4.69) is 20.1 Å². The first-order valence-electron chi connectivity index (χ1n) is 10.4. The van der Waals surface area contributed by atoms with Crippen molar-refractivity contribution in [3.63, 3.8) is 0 Å². The molecule has 5 rings (SSSR count). The van der Waals surface area contributed by atoms with Gasteiger partial charge in [-0.1, -0.05) is 0 Å². The van der Waals surface area contributed by atoms with Crippen LogP contribution in [0.1, 0.15) is 24.2 Å². The highest BCUT2D eigenvalue weighted by Gasteiger charge is 2.23. The van der Waals surface area contributed by atoms with Gasteiger partial charge in [-0.15, -0.1) is 0 Å². The minimum Gasteiger partial charge on any atom is -0.491 e. The van der Waals surface area contributed by atoms with Gasteiger partial charge in [0.15, 0.2) is 5.65 Å². The average molecular weight is 421 g/mol. The molecule has 3 aromatic heterocycles. The second-order valence-electron chi connectivity index (χ2n) is 7.91. The van der Waals surface area contributed by atoms with Crippen molar-refractivity contribution >= 4 is 11.2 Å². The van der Waals surface area contributed by atoms with Crippen LogP contribution in [-0.4, -0.2) is 44.1 Å². The average Bonchev–Trinajstić information content (AvgIpc) is 3.49. The topological polar surface area (TPSA) is 77.8 Å². The standard InChI is InChI=1S/C23H24FN5O2/c1-13-20(14(2)29(3)28-13)19-10-16(31-11-15-5-4-8-30-15)9-18(21(19)24)17-6-7-25-23-22(17)26-12-27-23/h6-7,9-10,12,15H,4-5,8,11H2,1-3H3,(H,25,26,27). The normalized spacial score (nSPS) is 16.3. The number of hydrogen-bond acceptors (Lipinski definition) is 5. The zero-order valence-electron chi connectivity index (χ0n) is 17.8. The van der Waals surface area contributed by atoms with E-state index in [0.29, 0.717) is 40.2 Å². The molecule has 0 spiro atoms. The van der Waals surface area contributed by atoms with Crippen molar-refractivity contribution in [1.82, 2.24) is 24.7 Å². The largest absolute Gasteiger partial charge is 0.491 e. The number of fused-ring (bicyclic) bond motifs is 1. The molecule has 0 radical (unpaired) electrons. The summed E-state index contributed by atoms with van der Waals surface area (Å²) in [4.78, 5) is 11.5. The molecule has 0 saturated carbocycles. The second-order valence-corrected chi connectivity index (χ2v) is 7.91. The Balaban J connectivity index is 1.67. The van der Waals surface area contributed by atoms with E-state index in [1.807, 2.05) is 20.9 Å². The van der Waals surface area contributed by atoms with Crippen LogP contribution in [0, 0.1) is 19.7 Å². The van der Waals surface area contributed by atoms with Crippen molar-refractivity contribution in [3.05, 3.63) is 47.9 Å². The minimum absolute atomic E-state index is 0.0686. The third-order valence-corrected chi connectivity index (χ3v) is 5.90. The van der Waals surface area contributed by atoms with Gasteiger partial charge in [0.1, 0.15) is 18.2 Å². The molecule has 1 aliphatic rings. The maximum absolute atomic E-state index is 16.0. The summed E-state index contributed by atoms with van der Waals surface area (Å²) < 4.78 is 29.5. The molecule has 1 unspecified atom stereocenters. The molecule has 1 fully saturated rings. The van der Waals surface area contributed by atoms with Crippen LogP contribution in [0.25, 0.3) is 33.4 Å². The minimum atomic E-state index is -0.328. The van der Waals surface area contributed by atoms with Crippen LogP contribution in [-0.2, 0) is 11.8 Å². The molecule has 1 aliphatic heterocycles. The van der Waals surface area contributed by atoms with Crippen LogP contribution < -0.4 is 4.74 Å². The van der Waals surface area contributed by atoms with Crippen LogP contribution in [0.5, 0.6) is 5.75 Å². The number of aromatic nitrogens is 5. The van der Waals surface area contributed by atoms with Crippen molar-refractivity contribution in [2.45, 2.75) is 32.8 Å². The number of benzene rings is 1. The number of ether oxygens (including phenoxy) is 2. The van der Waals surface area contributed by atoms with Crippen molar-refractivity contribution in [2.75, 3.05) is 13.2 Å². The van der Waals surface area contributed by atoms with Gasteiger partial charge in [0.05, 0.1) is 23.6 Å². The molecule has 31 heavy (non-hydrogen) atoms. The predicted octanol–water partition coefficient (Wildman–Crippen LogP) is 4.34. The molecule has 4 heterocycles. The lowest BCUT2D eigenvalue weighted by molar-refractivity contribution is 0.0679. The molecular weight excluding hydrogens is 397 g/mol. The van der Waals surface area contributed by atoms with Gasteiger partial charge in [-0.3, -0.25) is 4.68 Å². The molecule has 4 aromatic rings. The molecule has 0 aliphatic carbocycles. The first-order valence-corrected chi connectivity index (χ1v) is 10.4. The molecule has 1 saturated heterocycles. The Labute approximate surface area is 179 Å². The van der Waals surface area contributed by atoms with Crippen molar-refractivity contribution in [3.8, 4) is 28.0 Å². The molecule has 160 valence electrons. The molecule has 8 heteroatoms. The Morgan fingerprint density at radius 1 is 1.23 bits per heavy atom. The summed E-state index contributed by atoms with van der Waals surface area (Å²) in [5, 5.41) is 4.47. The molecule has 0 amide bonds. The number of nitrogens with zero attached hydrogens (tertiary/aromatic N) is 4. The first-order chi connectivity index (χ1) is 15.0. The maximum atomic E-state index is 16.0. The van der Waals surface area contributed by atoms with Crippen LogP contribution in [0.4, 0.5) is 4.39 Å². The van der Waals surface area contributed by atoms with Crippen molar-refractivity contribution < 1.29 is 13.9 Å². The fourth-order valence-electron chi connectivity index (χ4n) is 4.26. The quantitative estimate of drug-likeness (QED) is 0.519. The molecule has 7 nitrogen and oxygen atoms in total. The lowest BCUT2D eigenvalue weighted by atomic mass is 9.96. The summed E-state index contributed by atoms with van der Waals surface area (Å²) in [5.74, 6) is 0.264. The zero-order valence-corrected chi connectivity index (χ0v) is 17.8. The van der Waals surface area contributed by atoms with Crippen LogP contribution in [0.2, 0.25) is 0 Å². The van der Waals surface area contributed by atoms with E-state index in [-0.39, 0.29) is 11.9 Å². The van der Waals surface area contributed by atoms with E-state index in [4.69, 9.17) is 9.47 Å². The molecular formula is C23H24FN5O2. The molecule has 1 aromatic carbocycles. The Kier molecular flexibility index (Phi) is 4.94. The number of aryl methyl sites for hydroxylation is 2. The summed E-state index contributed by atoms with van der Waals surface area (Å²) in [6.45, 7) is 5.02. The van der Waals surface area contributed by atoms with Gasteiger partial charge in [0.2, 0.25) is 0 Å². The highest BCUT2D eigenvalue weighted by Crippen LogP contribution is 2.39. The number of aromatic amines is 1. The zero-order chi connectivity index (χ0) is 21.5. The Bertz CT molecular complexity index is 1260. The number of H-pyrrole nitrogens is 1. The van der Waals surface area contributed by atoms with E-state index >= 15 is 4.39 Å². The monoisotopic (exact) mass is 421 g/mol. The van der Waals surface area contributed by atoms with Crippen LogP contribution in [0.3, 0.4) is 0 Å². The molecule has 1 N–H and O–H groups in total. The third kappa shape index (κ3) is 3.46. The lowest BCUT2D eigenvalue weighted by Gasteiger charge is -2.16. The lowest BCUT2D eigenvalue weighted by Crippen LogP contribution is -2.16. The third-order valence-electron chi connectivity index (χ3n) is 5.90. The fourth-order valence-corrected chi connectivity index (χ4v) is 4.26. The number of halogens is 1.